The lowest BCUT2D eigenvalue weighted by Gasteiger charge is -2.03. The smallest absolute Gasteiger partial charge is 0.269 e. The van der Waals surface area contributed by atoms with Crippen molar-refractivity contribution in [3.8, 4) is 11.3 Å². The zero-order valence-electron chi connectivity index (χ0n) is 13.5. The number of hydrogen-bond donors (Lipinski definition) is 2. The topological polar surface area (TPSA) is 83.8 Å². The molecular formula is C17H24N4O2. The second kappa shape index (κ2) is 8.92. The van der Waals surface area contributed by atoms with Crippen LogP contribution in [0.4, 0.5) is 11.6 Å². The second-order valence-electron chi connectivity index (χ2n) is 5.64. The van der Waals surface area contributed by atoms with Crippen molar-refractivity contribution in [2.45, 2.75) is 45.4 Å². The lowest BCUT2D eigenvalue weighted by Crippen LogP contribution is -2.02. The van der Waals surface area contributed by atoms with Gasteiger partial charge in [0.1, 0.15) is 0 Å². The van der Waals surface area contributed by atoms with Gasteiger partial charge in [-0.25, -0.2) is 4.98 Å². The third-order valence-electron chi connectivity index (χ3n) is 3.79. The third-order valence-corrected chi connectivity index (χ3v) is 3.79. The summed E-state index contributed by atoms with van der Waals surface area (Å²) in [6.07, 6.45) is 9.33. The van der Waals surface area contributed by atoms with Crippen LogP contribution in [-0.2, 0) is 0 Å². The maximum atomic E-state index is 10.7. The average molecular weight is 316 g/mol. The molecule has 0 saturated carbocycles. The van der Waals surface area contributed by atoms with Crippen LogP contribution in [0.5, 0.6) is 0 Å². The molecule has 23 heavy (non-hydrogen) atoms. The van der Waals surface area contributed by atoms with Gasteiger partial charge in [-0.05, 0) is 18.6 Å². The molecule has 6 heteroatoms. The molecule has 0 saturated heterocycles. The van der Waals surface area contributed by atoms with E-state index >= 15 is 0 Å². The molecule has 0 radical (unpaired) electrons. The summed E-state index contributed by atoms with van der Waals surface area (Å²) in [6, 6.07) is 6.45. The Morgan fingerprint density at radius 3 is 2.52 bits per heavy atom. The molecule has 0 aliphatic carbocycles. The Bertz CT molecular complexity index is 607. The Balaban J connectivity index is 1.78. The van der Waals surface area contributed by atoms with Crippen molar-refractivity contribution < 1.29 is 4.92 Å². The highest BCUT2D eigenvalue weighted by atomic mass is 16.6. The van der Waals surface area contributed by atoms with Crippen LogP contribution in [0, 0.1) is 10.1 Å². The minimum absolute atomic E-state index is 0.0923. The van der Waals surface area contributed by atoms with Crippen LogP contribution in [0.25, 0.3) is 11.3 Å². The number of benzene rings is 1. The summed E-state index contributed by atoms with van der Waals surface area (Å²) < 4.78 is 0. The first-order valence-electron chi connectivity index (χ1n) is 8.24. The first kappa shape index (κ1) is 17.0. The quantitative estimate of drug-likeness (QED) is 0.376. The van der Waals surface area contributed by atoms with E-state index in [1.54, 1.807) is 18.3 Å². The minimum atomic E-state index is -0.399. The van der Waals surface area contributed by atoms with Gasteiger partial charge in [0.25, 0.3) is 5.69 Å². The fourth-order valence-electron chi connectivity index (χ4n) is 2.43. The molecule has 124 valence electrons. The summed E-state index contributed by atoms with van der Waals surface area (Å²) in [5.74, 6) is 0.743. The van der Waals surface area contributed by atoms with E-state index < -0.39 is 4.92 Å². The molecule has 2 aromatic rings. The Hall–Kier alpha value is -2.37. The fraction of sp³-hybridized carbons (Fsp3) is 0.471. The summed E-state index contributed by atoms with van der Waals surface area (Å²) in [4.78, 5) is 17.8. The molecule has 2 rings (SSSR count). The highest BCUT2D eigenvalue weighted by Gasteiger charge is 2.07. The lowest BCUT2D eigenvalue weighted by atomic mass is 10.1. The van der Waals surface area contributed by atoms with E-state index in [-0.39, 0.29) is 5.69 Å². The number of nitrogens with one attached hydrogen (secondary N) is 2. The molecule has 0 amide bonds. The van der Waals surface area contributed by atoms with Crippen molar-refractivity contribution in [1.82, 2.24) is 9.97 Å². The molecular weight excluding hydrogens is 292 g/mol. The summed E-state index contributed by atoms with van der Waals surface area (Å²) in [5.41, 5.74) is 1.83. The second-order valence-corrected chi connectivity index (χ2v) is 5.64. The van der Waals surface area contributed by atoms with Crippen LogP contribution in [0.1, 0.15) is 45.4 Å². The Morgan fingerprint density at radius 1 is 1.13 bits per heavy atom. The number of unbranched alkanes of at least 4 members (excludes halogenated alkanes) is 5. The summed E-state index contributed by atoms with van der Waals surface area (Å²) in [7, 11) is 0. The number of anilines is 1. The van der Waals surface area contributed by atoms with Crippen molar-refractivity contribution in [3.05, 3.63) is 40.6 Å². The van der Waals surface area contributed by atoms with Crippen LogP contribution in [-0.4, -0.2) is 21.4 Å². The van der Waals surface area contributed by atoms with Gasteiger partial charge in [0.05, 0.1) is 16.8 Å². The molecule has 6 nitrogen and oxygen atoms in total. The van der Waals surface area contributed by atoms with E-state index in [4.69, 9.17) is 0 Å². The molecule has 1 aromatic carbocycles. The number of nitrogens with zero attached hydrogens (tertiary/aromatic N) is 2. The van der Waals surface area contributed by atoms with Gasteiger partial charge >= 0.3 is 0 Å². The van der Waals surface area contributed by atoms with Crippen molar-refractivity contribution >= 4 is 11.6 Å². The van der Waals surface area contributed by atoms with Gasteiger partial charge in [0.2, 0.25) is 5.95 Å². The first-order chi connectivity index (χ1) is 11.2. The Labute approximate surface area is 136 Å². The number of aromatic amines is 1. The summed E-state index contributed by atoms with van der Waals surface area (Å²) in [6.45, 7) is 3.13. The average Bonchev–Trinajstić information content (AvgIpc) is 3.03. The van der Waals surface area contributed by atoms with E-state index in [0.717, 1.165) is 30.2 Å². The van der Waals surface area contributed by atoms with E-state index in [1.807, 2.05) is 0 Å². The normalized spacial score (nSPS) is 10.7. The molecule has 0 aliphatic rings. The van der Waals surface area contributed by atoms with Crippen LogP contribution in [0.15, 0.2) is 30.5 Å². The third kappa shape index (κ3) is 5.39. The van der Waals surface area contributed by atoms with Crippen molar-refractivity contribution in [2.75, 3.05) is 11.9 Å². The van der Waals surface area contributed by atoms with Crippen LogP contribution in [0.3, 0.4) is 0 Å². The predicted octanol–water partition coefficient (Wildman–Crippen LogP) is 4.76. The largest absolute Gasteiger partial charge is 0.356 e. The molecule has 0 fully saturated rings. The first-order valence-corrected chi connectivity index (χ1v) is 8.24. The Morgan fingerprint density at radius 2 is 1.83 bits per heavy atom. The molecule has 0 unspecified atom stereocenters. The maximum Gasteiger partial charge on any atom is 0.269 e. The van der Waals surface area contributed by atoms with E-state index in [9.17, 15) is 10.1 Å². The monoisotopic (exact) mass is 316 g/mol. The summed E-state index contributed by atoms with van der Waals surface area (Å²) >= 11 is 0. The van der Waals surface area contributed by atoms with Crippen molar-refractivity contribution in [1.29, 1.82) is 0 Å². The van der Waals surface area contributed by atoms with Crippen LogP contribution in [0.2, 0.25) is 0 Å². The highest BCUT2D eigenvalue weighted by molar-refractivity contribution is 5.61. The van der Waals surface area contributed by atoms with E-state index in [1.165, 1.54) is 44.2 Å². The van der Waals surface area contributed by atoms with Crippen LogP contribution >= 0.6 is 0 Å². The number of non-ortho nitro benzene ring substituents is 1. The number of aromatic nitrogens is 2. The minimum Gasteiger partial charge on any atom is -0.356 e. The molecule has 0 bridgehead atoms. The molecule has 2 N–H and O–H groups in total. The van der Waals surface area contributed by atoms with Gasteiger partial charge in [0, 0.05) is 24.2 Å². The maximum absolute atomic E-state index is 10.7. The highest BCUT2D eigenvalue weighted by Crippen LogP contribution is 2.21. The van der Waals surface area contributed by atoms with Gasteiger partial charge in [-0.15, -0.1) is 0 Å². The Kier molecular flexibility index (Phi) is 6.59. The molecule has 0 aliphatic heterocycles. The van der Waals surface area contributed by atoms with Crippen LogP contribution < -0.4 is 5.32 Å². The van der Waals surface area contributed by atoms with Gasteiger partial charge in [0.15, 0.2) is 0 Å². The zero-order valence-corrected chi connectivity index (χ0v) is 13.5. The van der Waals surface area contributed by atoms with E-state index in [0.29, 0.717) is 0 Å². The van der Waals surface area contributed by atoms with Gasteiger partial charge in [-0.2, -0.15) is 0 Å². The summed E-state index contributed by atoms with van der Waals surface area (Å²) in [5, 5.41) is 13.9. The van der Waals surface area contributed by atoms with Gasteiger partial charge in [-0.1, -0.05) is 39.0 Å². The van der Waals surface area contributed by atoms with Gasteiger partial charge in [-0.3, -0.25) is 10.1 Å². The number of H-pyrrole nitrogens is 1. The number of nitro groups is 1. The van der Waals surface area contributed by atoms with Crippen molar-refractivity contribution in [3.63, 3.8) is 0 Å². The van der Waals surface area contributed by atoms with E-state index in [2.05, 4.69) is 22.2 Å². The zero-order chi connectivity index (χ0) is 16.5. The SMILES string of the molecule is CCCCCCCCNc1ncc(-c2ccc([N+](=O)[O-])cc2)[nH]1. The molecule has 0 atom stereocenters. The predicted molar refractivity (Wildman–Crippen MR) is 92.5 cm³/mol. The standard InChI is InChI=1S/C17H24N4O2/c1-2-3-4-5-6-7-12-18-17-19-13-16(20-17)14-8-10-15(11-9-14)21(22)23/h8-11,13H,2-7,12H2,1H3,(H2,18,19,20). The molecule has 0 spiro atoms. The molecule has 1 aromatic heterocycles. The van der Waals surface area contributed by atoms with Gasteiger partial charge < -0.3 is 10.3 Å². The number of rotatable bonds is 10. The fourth-order valence-corrected chi connectivity index (χ4v) is 2.43. The number of hydrogen-bond acceptors (Lipinski definition) is 4. The molecule has 1 heterocycles. The van der Waals surface area contributed by atoms with Crippen molar-refractivity contribution in [2.24, 2.45) is 0 Å². The number of imidazole rings is 1. The number of nitro benzene ring substituents is 1. The lowest BCUT2D eigenvalue weighted by molar-refractivity contribution is -0.384.